The van der Waals surface area contributed by atoms with E-state index in [1.807, 2.05) is 43.9 Å². The predicted octanol–water partition coefficient (Wildman–Crippen LogP) is 6.04. The molecule has 1 N–H and O–H groups in total. The number of hydrogen-bond acceptors (Lipinski definition) is 4. The standard InChI is InChI=1S/C27H31F3N4O/c1-17(2)26(35)34-14-12-33(13-15-34)20-8-9-24-22(16-20)25(10-11-31-24)32-19(4)21-6-5-7-23(18(21)3)27(28,29)30/h5-11,16-17,19H,12-15H2,1-4H3,(H,31,32)/t19-/m1/s1. The molecule has 4 rings (SSSR count). The van der Waals surface area contributed by atoms with Crippen LogP contribution in [0.3, 0.4) is 0 Å². The topological polar surface area (TPSA) is 48.5 Å². The van der Waals surface area contributed by atoms with Gasteiger partial charge in [0.2, 0.25) is 5.91 Å². The van der Waals surface area contributed by atoms with E-state index in [2.05, 4.69) is 21.3 Å². The van der Waals surface area contributed by atoms with Crippen molar-refractivity contribution >= 4 is 28.2 Å². The number of alkyl halides is 3. The highest BCUT2D eigenvalue weighted by molar-refractivity contribution is 5.93. The lowest BCUT2D eigenvalue weighted by atomic mass is 9.97. The highest BCUT2D eigenvalue weighted by atomic mass is 19.4. The molecule has 0 radical (unpaired) electrons. The van der Waals surface area contributed by atoms with Crippen LogP contribution in [0.15, 0.2) is 48.7 Å². The van der Waals surface area contributed by atoms with Gasteiger partial charge < -0.3 is 15.1 Å². The molecule has 1 aliphatic heterocycles. The number of halogens is 3. The summed E-state index contributed by atoms with van der Waals surface area (Å²) in [7, 11) is 0. The predicted molar refractivity (Wildman–Crippen MR) is 134 cm³/mol. The molecule has 2 aromatic carbocycles. The minimum atomic E-state index is -4.39. The zero-order chi connectivity index (χ0) is 25.3. The lowest BCUT2D eigenvalue weighted by Crippen LogP contribution is -2.49. The summed E-state index contributed by atoms with van der Waals surface area (Å²) in [5.41, 5.74) is 2.88. The third-order valence-corrected chi connectivity index (χ3v) is 6.70. The summed E-state index contributed by atoms with van der Waals surface area (Å²) in [6, 6.07) is 11.9. The molecule has 186 valence electrons. The van der Waals surface area contributed by atoms with Gasteiger partial charge >= 0.3 is 6.18 Å². The Labute approximate surface area is 203 Å². The SMILES string of the molecule is Cc1c([C@@H](C)Nc2ccnc3ccc(N4CCN(C(=O)C(C)C)CC4)cc23)cccc1C(F)(F)F. The van der Waals surface area contributed by atoms with Crippen LogP contribution in [-0.2, 0) is 11.0 Å². The van der Waals surface area contributed by atoms with E-state index in [-0.39, 0.29) is 23.4 Å². The van der Waals surface area contributed by atoms with Crippen molar-refractivity contribution in [1.29, 1.82) is 0 Å². The number of aromatic nitrogens is 1. The number of piperazine rings is 1. The molecule has 3 aromatic rings. The average Bonchev–Trinajstić information content (AvgIpc) is 2.83. The van der Waals surface area contributed by atoms with Crippen LogP contribution in [0, 0.1) is 12.8 Å². The van der Waals surface area contributed by atoms with Gasteiger partial charge in [0.1, 0.15) is 0 Å². The maximum Gasteiger partial charge on any atom is 0.416 e. The van der Waals surface area contributed by atoms with Crippen molar-refractivity contribution < 1.29 is 18.0 Å². The molecule has 8 heteroatoms. The van der Waals surface area contributed by atoms with E-state index in [9.17, 15) is 18.0 Å². The summed E-state index contributed by atoms with van der Waals surface area (Å²) in [5, 5.41) is 4.31. The molecular formula is C27H31F3N4O. The number of amides is 1. The molecule has 0 bridgehead atoms. The van der Waals surface area contributed by atoms with Crippen LogP contribution in [0.25, 0.3) is 10.9 Å². The summed E-state index contributed by atoms with van der Waals surface area (Å²) in [5.74, 6) is 0.169. The van der Waals surface area contributed by atoms with E-state index in [0.717, 1.165) is 41.4 Å². The third kappa shape index (κ3) is 5.21. The first-order valence-electron chi connectivity index (χ1n) is 11.9. The lowest BCUT2D eigenvalue weighted by Gasteiger charge is -2.37. The molecule has 5 nitrogen and oxygen atoms in total. The van der Waals surface area contributed by atoms with Gasteiger partial charge in [-0.3, -0.25) is 9.78 Å². The average molecular weight is 485 g/mol. The van der Waals surface area contributed by atoms with Crippen LogP contribution in [0.4, 0.5) is 24.5 Å². The number of carbonyl (C=O) groups excluding carboxylic acids is 1. The minimum Gasteiger partial charge on any atom is -0.378 e. The number of rotatable bonds is 5. The molecule has 1 saturated heterocycles. The van der Waals surface area contributed by atoms with Crippen molar-refractivity contribution in [3.8, 4) is 0 Å². The summed E-state index contributed by atoms with van der Waals surface area (Å²) in [4.78, 5) is 20.9. The normalized spacial score (nSPS) is 15.5. The highest BCUT2D eigenvalue weighted by Crippen LogP contribution is 2.36. The van der Waals surface area contributed by atoms with Gasteiger partial charge in [-0.05, 0) is 55.3 Å². The van der Waals surface area contributed by atoms with E-state index < -0.39 is 11.7 Å². The van der Waals surface area contributed by atoms with Crippen molar-refractivity contribution in [2.75, 3.05) is 36.4 Å². The monoisotopic (exact) mass is 484 g/mol. The number of carbonyl (C=O) groups is 1. The maximum absolute atomic E-state index is 13.4. The van der Waals surface area contributed by atoms with Crippen molar-refractivity contribution in [3.05, 3.63) is 65.4 Å². The van der Waals surface area contributed by atoms with Gasteiger partial charge in [0, 0.05) is 61.1 Å². The van der Waals surface area contributed by atoms with Gasteiger partial charge in [0.25, 0.3) is 0 Å². The van der Waals surface area contributed by atoms with Crippen LogP contribution in [0.5, 0.6) is 0 Å². The largest absolute Gasteiger partial charge is 0.416 e. The first-order valence-corrected chi connectivity index (χ1v) is 11.9. The summed E-state index contributed by atoms with van der Waals surface area (Å²) in [6.07, 6.45) is -2.69. The fourth-order valence-corrected chi connectivity index (χ4v) is 4.75. The molecule has 0 saturated carbocycles. The third-order valence-electron chi connectivity index (χ3n) is 6.70. The lowest BCUT2D eigenvalue weighted by molar-refractivity contribution is -0.138. The Kier molecular flexibility index (Phi) is 6.92. The van der Waals surface area contributed by atoms with Crippen molar-refractivity contribution in [3.63, 3.8) is 0 Å². The molecule has 1 atom stereocenters. The Bertz CT molecular complexity index is 1220. The Balaban J connectivity index is 1.58. The van der Waals surface area contributed by atoms with Gasteiger partial charge in [-0.25, -0.2) is 0 Å². The Morgan fingerprint density at radius 2 is 1.74 bits per heavy atom. The second-order valence-electron chi connectivity index (χ2n) is 9.41. The molecule has 1 aromatic heterocycles. The van der Waals surface area contributed by atoms with Crippen molar-refractivity contribution in [2.45, 2.75) is 39.9 Å². The van der Waals surface area contributed by atoms with Crippen molar-refractivity contribution in [1.82, 2.24) is 9.88 Å². The van der Waals surface area contributed by atoms with E-state index in [1.54, 1.807) is 12.3 Å². The highest BCUT2D eigenvalue weighted by Gasteiger charge is 2.33. The molecular weight excluding hydrogens is 453 g/mol. The summed E-state index contributed by atoms with van der Waals surface area (Å²) < 4.78 is 40.2. The number of fused-ring (bicyclic) bond motifs is 1. The number of hydrogen-bond donors (Lipinski definition) is 1. The quantitative estimate of drug-likeness (QED) is 0.480. The molecule has 2 heterocycles. The number of nitrogens with one attached hydrogen (secondary N) is 1. The van der Waals surface area contributed by atoms with Gasteiger partial charge in [-0.2, -0.15) is 13.2 Å². The zero-order valence-corrected chi connectivity index (χ0v) is 20.5. The fraction of sp³-hybridized carbons (Fsp3) is 0.407. The first kappa shape index (κ1) is 24.8. The summed E-state index contributed by atoms with van der Waals surface area (Å²) >= 11 is 0. The second-order valence-corrected chi connectivity index (χ2v) is 9.41. The van der Waals surface area contributed by atoms with E-state index in [4.69, 9.17) is 0 Å². The molecule has 0 unspecified atom stereocenters. The van der Waals surface area contributed by atoms with Crippen molar-refractivity contribution in [2.24, 2.45) is 5.92 Å². The van der Waals surface area contributed by atoms with E-state index in [1.165, 1.54) is 13.0 Å². The number of anilines is 2. The van der Waals surface area contributed by atoms with Crippen LogP contribution in [-0.4, -0.2) is 42.0 Å². The van der Waals surface area contributed by atoms with E-state index >= 15 is 0 Å². The van der Waals surface area contributed by atoms with E-state index in [0.29, 0.717) is 18.7 Å². The first-order chi connectivity index (χ1) is 16.6. The van der Waals surface area contributed by atoms with Gasteiger partial charge in [0.15, 0.2) is 0 Å². The van der Waals surface area contributed by atoms with Gasteiger partial charge in [-0.15, -0.1) is 0 Å². The Morgan fingerprint density at radius 1 is 1.03 bits per heavy atom. The Morgan fingerprint density at radius 3 is 2.40 bits per heavy atom. The molecule has 35 heavy (non-hydrogen) atoms. The van der Waals surface area contributed by atoms with Crippen LogP contribution in [0.2, 0.25) is 0 Å². The molecule has 0 spiro atoms. The van der Waals surface area contributed by atoms with Crippen LogP contribution in [0.1, 0.15) is 43.5 Å². The smallest absolute Gasteiger partial charge is 0.378 e. The number of benzene rings is 2. The Hall–Kier alpha value is -3.29. The second kappa shape index (κ2) is 9.76. The zero-order valence-electron chi connectivity index (χ0n) is 20.5. The maximum atomic E-state index is 13.4. The summed E-state index contributed by atoms with van der Waals surface area (Å²) in [6.45, 7) is 10.1. The number of nitrogens with zero attached hydrogens (tertiary/aromatic N) is 3. The van der Waals surface area contributed by atoms with Gasteiger partial charge in [-0.1, -0.05) is 26.0 Å². The molecule has 1 fully saturated rings. The molecule has 1 amide bonds. The number of pyridine rings is 1. The molecule has 0 aliphatic carbocycles. The van der Waals surface area contributed by atoms with Crippen LogP contribution >= 0.6 is 0 Å². The molecule has 1 aliphatic rings. The van der Waals surface area contributed by atoms with Gasteiger partial charge in [0.05, 0.1) is 11.1 Å². The van der Waals surface area contributed by atoms with Crippen LogP contribution < -0.4 is 10.2 Å². The fourth-order valence-electron chi connectivity index (χ4n) is 4.75. The minimum absolute atomic E-state index is 0.00984.